The molecule has 27 heavy (non-hydrogen) atoms. The van der Waals surface area contributed by atoms with Crippen LogP contribution < -0.4 is 19.9 Å². The highest BCUT2D eigenvalue weighted by Crippen LogP contribution is 2.25. The normalized spacial score (nSPS) is 20.7. The van der Waals surface area contributed by atoms with Gasteiger partial charge in [0.2, 0.25) is 0 Å². The number of likely N-dealkylation sites (N-methyl/N-ethyl adjacent to an activating group) is 1. The molecule has 1 aliphatic heterocycles. The number of hydrogen-bond donors (Lipinski definition) is 3. The van der Waals surface area contributed by atoms with Gasteiger partial charge in [-0.1, -0.05) is 42.5 Å². The highest BCUT2D eigenvalue weighted by Gasteiger charge is 2.35. The molecule has 1 aliphatic rings. The molecule has 3 N–H and O–H groups in total. The van der Waals surface area contributed by atoms with E-state index in [0.29, 0.717) is 6.61 Å². The lowest BCUT2D eigenvalue weighted by Crippen LogP contribution is -3.28. The van der Waals surface area contributed by atoms with E-state index >= 15 is 0 Å². The van der Waals surface area contributed by atoms with E-state index in [1.807, 2.05) is 49.4 Å². The van der Waals surface area contributed by atoms with Crippen molar-refractivity contribution in [1.29, 1.82) is 0 Å². The SMILES string of the molecule is CCOc1ccccc1NC(=O)[C@H](c1ccccc1)[NH+]1CC[NH+](CC)CC1. The quantitative estimate of drug-likeness (QED) is 0.668. The molecule has 1 saturated heterocycles. The summed E-state index contributed by atoms with van der Waals surface area (Å²) in [6.07, 6.45) is 0. The maximum Gasteiger partial charge on any atom is 0.287 e. The van der Waals surface area contributed by atoms with Crippen LogP contribution in [0, 0.1) is 0 Å². The van der Waals surface area contributed by atoms with Crippen molar-refractivity contribution < 1.29 is 19.3 Å². The van der Waals surface area contributed by atoms with E-state index in [-0.39, 0.29) is 11.9 Å². The predicted molar refractivity (Wildman–Crippen MR) is 107 cm³/mol. The fourth-order valence-electron chi connectivity index (χ4n) is 3.84. The predicted octanol–water partition coefficient (Wildman–Crippen LogP) is 0.568. The van der Waals surface area contributed by atoms with Crippen LogP contribution in [0.3, 0.4) is 0 Å². The highest BCUT2D eigenvalue weighted by molar-refractivity contribution is 5.95. The first kappa shape index (κ1) is 19.4. The molecule has 144 valence electrons. The minimum absolute atomic E-state index is 0.0308. The summed E-state index contributed by atoms with van der Waals surface area (Å²) in [5.41, 5.74) is 1.81. The number of quaternary nitrogens is 2. The third-order valence-electron chi connectivity index (χ3n) is 5.35. The molecule has 0 unspecified atom stereocenters. The zero-order chi connectivity index (χ0) is 19.1. The van der Waals surface area contributed by atoms with E-state index < -0.39 is 0 Å². The number of para-hydroxylation sites is 2. The molecule has 1 atom stereocenters. The Kier molecular flexibility index (Phi) is 6.85. The van der Waals surface area contributed by atoms with Gasteiger partial charge < -0.3 is 19.9 Å². The Morgan fingerprint density at radius 3 is 2.33 bits per heavy atom. The van der Waals surface area contributed by atoms with Gasteiger partial charge in [0.05, 0.1) is 18.8 Å². The van der Waals surface area contributed by atoms with Crippen molar-refractivity contribution in [3.8, 4) is 5.75 Å². The summed E-state index contributed by atoms with van der Waals surface area (Å²) in [6, 6.07) is 17.6. The second-order valence-corrected chi connectivity index (χ2v) is 7.02. The molecule has 2 aromatic carbocycles. The summed E-state index contributed by atoms with van der Waals surface area (Å²) < 4.78 is 5.67. The summed E-state index contributed by atoms with van der Waals surface area (Å²) in [5, 5.41) is 3.12. The number of carbonyl (C=O) groups is 1. The number of nitrogens with one attached hydrogen (secondary N) is 3. The Balaban J connectivity index is 1.82. The molecule has 5 nitrogen and oxygen atoms in total. The topological polar surface area (TPSA) is 47.2 Å². The first-order valence-corrected chi connectivity index (χ1v) is 9.98. The van der Waals surface area contributed by atoms with E-state index in [9.17, 15) is 4.79 Å². The monoisotopic (exact) mass is 369 g/mol. The van der Waals surface area contributed by atoms with Crippen LogP contribution in [0.1, 0.15) is 25.5 Å². The molecule has 1 heterocycles. The third-order valence-corrected chi connectivity index (χ3v) is 5.35. The summed E-state index contributed by atoms with van der Waals surface area (Å²) in [4.78, 5) is 16.3. The van der Waals surface area contributed by atoms with E-state index in [0.717, 1.165) is 49.7 Å². The van der Waals surface area contributed by atoms with Crippen LogP contribution in [0.4, 0.5) is 5.69 Å². The highest BCUT2D eigenvalue weighted by atomic mass is 16.5. The van der Waals surface area contributed by atoms with Gasteiger partial charge in [0.25, 0.3) is 5.91 Å². The molecule has 0 spiro atoms. The number of benzene rings is 2. The smallest absolute Gasteiger partial charge is 0.287 e. The minimum Gasteiger partial charge on any atom is -0.492 e. The van der Waals surface area contributed by atoms with Crippen LogP contribution >= 0.6 is 0 Å². The van der Waals surface area contributed by atoms with Gasteiger partial charge >= 0.3 is 0 Å². The van der Waals surface area contributed by atoms with Crippen molar-refractivity contribution in [2.45, 2.75) is 19.9 Å². The fourth-order valence-corrected chi connectivity index (χ4v) is 3.84. The first-order valence-electron chi connectivity index (χ1n) is 9.98. The lowest BCUT2D eigenvalue weighted by atomic mass is 10.0. The Bertz CT molecular complexity index is 727. The van der Waals surface area contributed by atoms with Crippen LogP contribution in [0.2, 0.25) is 0 Å². The molecular weight excluding hydrogens is 338 g/mol. The standard InChI is InChI=1S/C22H29N3O2/c1-3-24-14-16-25(17-15-24)21(18-10-6-5-7-11-18)22(26)23-19-12-8-9-13-20(19)27-4-2/h5-13,21H,3-4,14-17H2,1-2H3,(H,23,26)/p+2/t21-/m0/s1. The molecule has 0 saturated carbocycles. The molecule has 5 heteroatoms. The van der Waals surface area contributed by atoms with Crippen LogP contribution in [-0.4, -0.2) is 45.2 Å². The van der Waals surface area contributed by atoms with Crippen LogP contribution in [0.25, 0.3) is 0 Å². The summed E-state index contributed by atoms with van der Waals surface area (Å²) >= 11 is 0. The van der Waals surface area contributed by atoms with Gasteiger partial charge in [-0.2, -0.15) is 0 Å². The van der Waals surface area contributed by atoms with Crippen molar-refractivity contribution in [2.24, 2.45) is 0 Å². The summed E-state index contributed by atoms with van der Waals surface area (Å²) in [5.74, 6) is 0.749. The molecule has 0 aromatic heterocycles. The lowest BCUT2D eigenvalue weighted by Gasteiger charge is -2.33. The van der Waals surface area contributed by atoms with Gasteiger partial charge in [-0.05, 0) is 26.0 Å². The number of ether oxygens (including phenoxy) is 1. The van der Waals surface area contributed by atoms with Gasteiger partial charge in [0, 0.05) is 5.56 Å². The molecular formula is C22H31N3O2+2. The van der Waals surface area contributed by atoms with E-state index in [4.69, 9.17) is 4.74 Å². The average Bonchev–Trinajstić information content (AvgIpc) is 2.71. The van der Waals surface area contributed by atoms with Crippen molar-refractivity contribution in [2.75, 3.05) is 44.6 Å². The number of anilines is 1. The van der Waals surface area contributed by atoms with Gasteiger partial charge in [0.15, 0.2) is 6.04 Å². The third kappa shape index (κ3) is 4.87. The molecule has 3 rings (SSSR count). The van der Waals surface area contributed by atoms with Crippen LogP contribution in [0.15, 0.2) is 54.6 Å². The Hall–Kier alpha value is -2.37. The van der Waals surface area contributed by atoms with Crippen molar-refractivity contribution in [3.05, 3.63) is 60.2 Å². The number of amides is 1. The Morgan fingerprint density at radius 2 is 1.67 bits per heavy atom. The largest absolute Gasteiger partial charge is 0.492 e. The fraction of sp³-hybridized carbons (Fsp3) is 0.409. The molecule has 0 aliphatic carbocycles. The van der Waals surface area contributed by atoms with Gasteiger partial charge in [-0.15, -0.1) is 0 Å². The number of rotatable bonds is 7. The van der Waals surface area contributed by atoms with Crippen molar-refractivity contribution >= 4 is 11.6 Å². The summed E-state index contributed by atoms with van der Waals surface area (Å²) in [7, 11) is 0. The van der Waals surface area contributed by atoms with Crippen molar-refractivity contribution in [3.63, 3.8) is 0 Å². The molecule has 2 aromatic rings. The Labute approximate surface area is 161 Å². The van der Waals surface area contributed by atoms with Crippen LogP contribution in [-0.2, 0) is 4.79 Å². The van der Waals surface area contributed by atoms with E-state index in [1.54, 1.807) is 4.90 Å². The zero-order valence-corrected chi connectivity index (χ0v) is 16.3. The average molecular weight is 370 g/mol. The molecule has 0 radical (unpaired) electrons. The molecule has 0 bridgehead atoms. The second-order valence-electron chi connectivity index (χ2n) is 7.02. The first-order chi connectivity index (χ1) is 13.2. The number of piperazine rings is 1. The molecule has 1 amide bonds. The zero-order valence-electron chi connectivity index (χ0n) is 16.3. The van der Waals surface area contributed by atoms with Crippen molar-refractivity contribution in [1.82, 2.24) is 0 Å². The van der Waals surface area contributed by atoms with Gasteiger partial charge in [0.1, 0.15) is 31.9 Å². The van der Waals surface area contributed by atoms with Crippen LogP contribution in [0.5, 0.6) is 5.75 Å². The minimum atomic E-state index is -0.209. The maximum atomic E-state index is 13.3. The van der Waals surface area contributed by atoms with E-state index in [1.165, 1.54) is 4.90 Å². The lowest BCUT2D eigenvalue weighted by molar-refractivity contribution is -1.02. The second kappa shape index (κ2) is 9.53. The maximum absolute atomic E-state index is 13.3. The Morgan fingerprint density at radius 1 is 1.00 bits per heavy atom. The molecule has 1 fully saturated rings. The van der Waals surface area contributed by atoms with E-state index in [2.05, 4.69) is 24.4 Å². The number of carbonyl (C=O) groups excluding carboxylic acids is 1. The summed E-state index contributed by atoms with van der Waals surface area (Å²) in [6.45, 7) is 10.1. The van der Waals surface area contributed by atoms with Gasteiger partial charge in [-0.3, -0.25) is 4.79 Å². The van der Waals surface area contributed by atoms with Gasteiger partial charge in [-0.25, -0.2) is 0 Å². The number of hydrogen-bond acceptors (Lipinski definition) is 2.